The number of nitro benzene ring substituents is 1. The number of unbranched alkanes of at least 4 members (excludes halogenated alkanes) is 1. The minimum Gasteiger partial charge on any atom is -0.289 e. The van der Waals surface area contributed by atoms with Crippen LogP contribution in [0.3, 0.4) is 0 Å². The van der Waals surface area contributed by atoms with Gasteiger partial charge < -0.3 is 0 Å². The van der Waals surface area contributed by atoms with Crippen LogP contribution in [0.25, 0.3) is 0 Å². The second-order valence-corrected chi connectivity index (χ2v) is 4.57. The highest BCUT2D eigenvalue weighted by molar-refractivity contribution is 6.10. The Hall–Kier alpha value is -2.54. The Labute approximate surface area is 122 Å². The molecule has 0 amide bonds. The first-order valence-corrected chi connectivity index (χ1v) is 6.65. The lowest BCUT2D eigenvalue weighted by atomic mass is 10.2. The fourth-order valence-electron chi connectivity index (χ4n) is 1.78. The van der Waals surface area contributed by atoms with Gasteiger partial charge >= 0.3 is 0 Å². The van der Waals surface area contributed by atoms with E-state index in [2.05, 4.69) is 9.98 Å². The summed E-state index contributed by atoms with van der Waals surface area (Å²) in [7, 11) is 0. The summed E-state index contributed by atoms with van der Waals surface area (Å²) >= 11 is 0. The number of nitrogens with zero attached hydrogens (tertiary/aromatic N) is 4. The van der Waals surface area contributed by atoms with Crippen LogP contribution in [0.1, 0.15) is 25.3 Å². The van der Waals surface area contributed by atoms with E-state index in [1.165, 1.54) is 18.3 Å². The highest BCUT2D eigenvalue weighted by Crippen LogP contribution is 2.16. The van der Waals surface area contributed by atoms with Crippen LogP contribution < -0.4 is 0 Å². The van der Waals surface area contributed by atoms with Gasteiger partial charge in [0.1, 0.15) is 5.70 Å². The van der Waals surface area contributed by atoms with Gasteiger partial charge in [0, 0.05) is 24.2 Å². The smallest absolute Gasteiger partial charge is 0.269 e. The Balaban J connectivity index is 2.09. The summed E-state index contributed by atoms with van der Waals surface area (Å²) in [4.78, 5) is 18.6. The maximum atomic E-state index is 10.6. The Bertz CT molecular complexity index is 605. The van der Waals surface area contributed by atoms with Crippen molar-refractivity contribution in [3.8, 4) is 0 Å². The van der Waals surface area contributed by atoms with Gasteiger partial charge in [0.05, 0.1) is 17.3 Å². The van der Waals surface area contributed by atoms with Crippen molar-refractivity contribution >= 4 is 17.7 Å². The molecule has 0 atom stereocenters. The normalized spacial score (nSPS) is 15.3. The maximum Gasteiger partial charge on any atom is 0.269 e. The molecule has 1 aromatic carbocycles. The van der Waals surface area contributed by atoms with Crippen LogP contribution in [0, 0.1) is 10.1 Å². The molecular weight excluding hydrogens is 272 g/mol. The number of nitro groups is 1. The van der Waals surface area contributed by atoms with Crippen LogP contribution in [0.2, 0.25) is 0 Å². The fraction of sp³-hybridized carbons (Fsp3) is 0.286. The average Bonchev–Trinajstić information content (AvgIpc) is 2.93. The summed E-state index contributed by atoms with van der Waals surface area (Å²) in [6.07, 6.45) is 4.94. The lowest BCUT2D eigenvalue weighted by molar-refractivity contribution is -0.384. The standard InChI is InChI=1S/C14H16N4O3/c1-2-3-8-17(19)10-12-9-15-14(16-12)11-4-6-13(7-5-11)18(20)21/h4-7,9-10,19H,2-3,8H2,1H3/b12-10+. The van der Waals surface area contributed by atoms with Crippen molar-refractivity contribution < 1.29 is 10.1 Å². The number of aliphatic imine (C=N–C) groups is 2. The second-order valence-electron chi connectivity index (χ2n) is 4.57. The molecule has 0 fully saturated rings. The molecule has 110 valence electrons. The summed E-state index contributed by atoms with van der Waals surface area (Å²) < 4.78 is 0. The summed E-state index contributed by atoms with van der Waals surface area (Å²) in [5.41, 5.74) is 1.26. The van der Waals surface area contributed by atoms with Gasteiger partial charge in [0.25, 0.3) is 5.69 Å². The van der Waals surface area contributed by atoms with E-state index in [0.717, 1.165) is 17.9 Å². The molecule has 7 nitrogen and oxygen atoms in total. The van der Waals surface area contributed by atoms with Crippen molar-refractivity contribution in [3.05, 3.63) is 51.8 Å². The number of non-ortho nitro benzene ring substituents is 1. The molecule has 0 spiro atoms. The molecule has 1 aromatic rings. The zero-order chi connectivity index (χ0) is 15.2. The molecule has 0 unspecified atom stereocenters. The Morgan fingerprint density at radius 3 is 2.71 bits per heavy atom. The van der Waals surface area contributed by atoms with Gasteiger partial charge in [-0.1, -0.05) is 13.3 Å². The SMILES string of the molecule is CCCCN(O)/C=C1\C=NC(c2ccc([N+](=O)[O-])cc2)=N1. The number of benzene rings is 1. The minimum atomic E-state index is -0.452. The summed E-state index contributed by atoms with van der Waals surface area (Å²) in [5.74, 6) is 0.472. The summed E-state index contributed by atoms with van der Waals surface area (Å²) in [6.45, 7) is 2.58. The minimum absolute atomic E-state index is 0.0261. The van der Waals surface area contributed by atoms with Crippen molar-refractivity contribution in [1.82, 2.24) is 5.06 Å². The van der Waals surface area contributed by atoms with Gasteiger partial charge in [-0.2, -0.15) is 0 Å². The van der Waals surface area contributed by atoms with Crippen LogP contribution in [-0.4, -0.2) is 33.8 Å². The van der Waals surface area contributed by atoms with E-state index in [9.17, 15) is 15.3 Å². The molecular formula is C14H16N4O3. The molecule has 0 aliphatic carbocycles. The predicted octanol–water partition coefficient (Wildman–Crippen LogP) is 2.76. The Morgan fingerprint density at radius 2 is 2.10 bits per heavy atom. The molecule has 7 heteroatoms. The molecule has 1 N–H and O–H groups in total. The van der Waals surface area contributed by atoms with Crippen molar-refractivity contribution in [2.75, 3.05) is 6.54 Å². The van der Waals surface area contributed by atoms with Crippen molar-refractivity contribution in [3.63, 3.8) is 0 Å². The van der Waals surface area contributed by atoms with E-state index in [1.54, 1.807) is 18.3 Å². The van der Waals surface area contributed by atoms with Crippen LogP contribution in [0.15, 0.2) is 46.1 Å². The van der Waals surface area contributed by atoms with E-state index in [0.29, 0.717) is 23.6 Å². The van der Waals surface area contributed by atoms with E-state index < -0.39 is 4.92 Å². The third-order valence-electron chi connectivity index (χ3n) is 2.91. The molecule has 1 aliphatic heterocycles. The first-order valence-electron chi connectivity index (χ1n) is 6.65. The number of hydrogen-bond donors (Lipinski definition) is 1. The van der Waals surface area contributed by atoms with E-state index in [-0.39, 0.29) is 5.69 Å². The van der Waals surface area contributed by atoms with Gasteiger partial charge in [-0.05, 0) is 18.6 Å². The highest BCUT2D eigenvalue weighted by atomic mass is 16.6. The van der Waals surface area contributed by atoms with Gasteiger partial charge in [0.2, 0.25) is 0 Å². The first-order chi connectivity index (χ1) is 10.1. The van der Waals surface area contributed by atoms with E-state index in [1.807, 2.05) is 6.92 Å². The molecule has 0 radical (unpaired) electrons. The molecule has 0 saturated carbocycles. The van der Waals surface area contributed by atoms with Gasteiger partial charge in [-0.25, -0.2) is 9.98 Å². The highest BCUT2D eigenvalue weighted by Gasteiger charge is 2.11. The fourth-order valence-corrected chi connectivity index (χ4v) is 1.78. The third-order valence-corrected chi connectivity index (χ3v) is 2.91. The summed E-state index contributed by atoms with van der Waals surface area (Å²) in [5, 5.41) is 21.3. The van der Waals surface area contributed by atoms with Crippen LogP contribution >= 0.6 is 0 Å². The number of rotatable bonds is 6. The molecule has 2 rings (SSSR count). The summed E-state index contributed by atoms with van der Waals surface area (Å²) in [6, 6.07) is 6.03. The van der Waals surface area contributed by atoms with Crippen molar-refractivity contribution in [1.29, 1.82) is 0 Å². The average molecular weight is 288 g/mol. The van der Waals surface area contributed by atoms with Crippen LogP contribution in [0.4, 0.5) is 5.69 Å². The van der Waals surface area contributed by atoms with Gasteiger partial charge in [-0.15, -0.1) is 0 Å². The molecule has 1 heterocycles. The molecule has 1 aliphatic rings. The predicted molar refractivity (Wildman–Crippen MR) is 79.6 cm³/mol. The topological polar surface area (TPSA) is 91.3 Å². The number of hydroxylamine groups is 2. The second kappa shape index (κ2) is 6.76. The Morgan fingerprint density at radius 1 is 1.38 bits per heavy atom. The van der Waals surface area contributed by atoms with Gasteiger partial charge in [0.15, 0.2) is 5.84 Å². The van der Waals surface area contributed by atoms with Gasteiger partial charge in [-0.3, -0.25) is 20.4 Å². The number of amidine groups is 1. The zero-order valence-electron chi connectivity index (χ0n) is 11.6. The monoisotopic (exact) mass is 288 g/mol. The number of allylic oxidation sites excluding steroid dienone is 1. The number of hydrogen-bond acceptors (Lipinski definition) is 6. The van der Waals surface area contributed by atoms with Crippen LogP contribution in [-0.2, 0) is 0 Å². The molecule has 0 bridgehead atoms. The molecule has 21 heavy (non-hydrogen) atoms. The molecule has 0 saturated heterocycles. The molecule has 0 aromatic heterocycles. The first kappa shape index (κ1) is 14.9. The van der Waals surface area contributed by atoms with Crippen molar-refractivity contribution in [2.45, 2.75) is 19.8 Å². The van der Waals surface area contributed by atoms with Crippen LogP contribution in [0.5, 0.6) is 0 Å². The van der Waals surface area contributed by atoms with E-state index in [4.69, 9.17) is 0 Å². The Kier molecular flexibility index (Phi) is 4.78. The quantitative estimate of drug-likeness (QED) is 0.643. The zero-order valence-corrected chi connectivity index (χ0v) is 11.6. The van der Waals surface area contributed by atoms with Crippen molar-refractivity contribution in [2.24, 2.45) is 9.98 Å². The van der Waals surface area contributed by atoms with E-state index >= 15 is 0 Å². The lowest BCUT2D eigenvalue weighted by Crippen LogP contribution is -2.13. The maximum absolute atomic E-state index is 10.6. The lowest BCUT2D eigenvalue weighted by Gasteiger charge is -2.10. The third kappa shape index (κ3) is 3.96. The largest absolute Gasteiger partial charge is 0.289 e.